The number of hydrogen-bond acceptors (Lipinski definition) is 3. The number of rotatable bonds is 4. The van der Waals surface area contributed by atoms with Crippen LogP contribution >= 0.6 is 11.8 Å². The van der Waals surface area contributed by atoms with Gasteiger partial charge >= 0.3 is 0 Å². The van der Waals surface area contributed by atoms with Gasteiger partial charge in [-0.1, -0.05) is 24.6 Å². The molecule has 2 N–H and O–H groups in total. The summed E-state index contributed by atoms with van der Waals surface area (Å²) in [5.74, 6) is 1.31. The molecule has 0 bridgehead atoms. The van der Waals surface area contributed by atoms with Crippen molar-refractivity contribution in [2.24, 2.45) is 4.99 Å². The van der Waals surface area contributed by atoms with Crippen molar-refractivity contribution in [1.82, 2.24) is 10.6 Å². The van der Waals surface area contributed by atoms with E-state index in [1.165, 1.54) is 25.7 Å². The third-order valence-electron chi connectivity index (χ3n) is 3.95. The normalized spacial score (nSPS) is 27.7. The fourth-order valence-electron chi connectivity index (χ4n) is 2.70. The molecule has 0 aromatic heterocycles. The SMILES string of the molecule is O=C(CCN=C1NC2(CCCC2)CS1)NC1CC1. The van der Waals surface area contributed by atoms with E-state index in [-0.39, 0.29) is 5.91 Å². The number of carbonyl (C=O) groups is 1. The predicted octanol–water partition coefficient (Wildman–Crippen LogP) is 1.66. The lowest BCUT2D eigenvalue weighted by Crippen LogP contribution is -2.40. The summed E-state index contributed by atoms with van der Waals surface area (Å²) in [6.45, 7) is 0.615. The summed E-state index contributed by atoms with van der Waals surface area (Å²) < 4.78 is 0. The molecule has 2 aliphatic carbocycles. The molecule has 2 saturated carbocycles. The molecule has 0 atom stereocenters. The van der Waals surface area contributed by atoms with Gasteiger partial charge in [0, 0.05) is 23.8 Å². The van der Waals surface area contributed by atoms with Crippen LogP contribution in [0.1, 0.15) is 44.9 Å². The predicted molar refractivity (Wildman–Crippen MR) is 74.9 cm³/mol. The van der Waals surface area contributed by atoms with Gasteiger partial charge in [0.2, 0.25) is 5.91 Å². The summed E-state index contributed by atoms with van der Waals surface area (Å²) in [6.07, 6.45) is 8.06. The Kier molecular flexibility index (Phi) is 3.50. The molecule has 1 heterocycles. The van der Waals surface area contributed by atoms with E-state index in [4.69, 9.17) is 0 Å². The molecule has 1 spiro atoms. The Morgan fingerprint density at radius 3 is 2.94 bits per heavy atom. The van der Waals surface area contributed by atoms with Crippen molar-refractivity contribution >= 4 is 22.8 Å². The summed E-state index contributed by atoms with van der Waals surface area (Å²) in [5, 5.41) is 7.62. The summed E-state index contributed by atoms with van der Waals surface area (Å²) in [7, 11) is 0. The van der Waals surface area contributed by atoms with E-state index in [0.29, 0.717) is 24.5 Å². The van der Waals surface area contributed by atoms with Crippen LogP contribution in [0.4, 0.5) is 0 Å². The number of carbonyl (C=O) groups excluding carboxylic acids is 1. The molecule has 1 saturated heterocycles. The van der Waals surface area contributed by atoms with Crippen molar-refractivity contribution in [2.45, 2.75) is 56.5 Å². The topological polar surface area (TPSA) is 53.5 Å². The number of aliphatic imine (C=N–C) groups is 1. The average molecular weight is 267 g/mol. The third kappa shape index (κ3) is 2.99. The molecule has 1 aliphatic heterocycles. The monoisotopic (exact) mass is 267 g/mol. The Morgan fingerprint density at radius 2 is 2.22 bits per heavy atom. The van der Waals surface area contributed by atoms with E-state index >= 15 is 0 Å². The summed E-state index contributed by atoms with van der Waals surface area (Å²) in [5.41, 5.74) is 0.333. The highest BCUT2D eigenvalue weighted by Gasteiger charge is 2.39. The van der Waals surface area contributed by atoms with Gasteiger partial charge in [0.15, 0.2) is 5.17 Å². The number of nitrogens with zero attached hydrogens (tertiary/aromatic N) is 1. The molecule has 4 nitrogen and oxygen atoms in total. The quantitative estimate of drug-likeness (QED) is 0.814. The van der Waals surface area contributed by atoms with E-state index in [1.807, 2.05) is 11.8 Å². The second-order valence-electron chi connectivity index (χ2n) is 5.68. The van der Waals surface area contributed by atoms with Crippen molar-refractivity contribution in [3.8, 4) is 0 Å². The van der Waals surface area contributed by atoms with E-state index < -0.39 is 0 Å². The number of amides is 1. The van der Waals surface area contributed by atoms with Gasteiger partial charge in [0.25, 0.3) is 0 Å². The van der Waals surface area contributed by atoms with Gasteiger partial charge in [-0.3, -0.25) is 9.79 Å². The van der Waals surface area contributed by atoms with Gasteiger partial charge in [-0.25, -0.2) is 0 Å². The van der Waals surface area contributed by atoms with Crippen molar-refractivity contribution in [1.29, 1.82) is 0 Å². The van der Waals surface area contributed by atoms with Crippen LogP contribution in [0.15, 0.2) is 4.99 Å². The largest absolute Gasteiger partial charge is 0.359 e. The van der Waals surface area contributed by atoms with Crippen molar-refractivity contribution in [2.75, 3.05) is 12.3 Å². The van der Waals surface area contributed by atoms with E-state index in [0.717, 1.165) is 23.8 Å². The van der Waals surface area contributed by atoms with E-state index in [2.05, 4.69) is 15.6 Å². The zero-order chi connectivity index (χ0) is 12.4. The van der Waals surface area contributed by atoms with Crippen LogP contribution in [0.5, 0.6) is 0 Å². The van der Waals surface area contributed by atoms with Crippen LogP contribution in [0.25, 0.3) is 0 Å². The van der Waals surface area contributed by atoms with Crippen molar-refractivity contribution in [3.05, 3.63) is 0 Å². The number of nitrogens with one attached hydrogen (secondary N) is 2. The molecule has 3 aliphatic rings. The second-order valence-corrected chi connectivity index (χ2v) is 6.64. The molecular weight excluding hydrogens is 246 g/mol. The highest BCUT2D eigenvalue weighted by atomic mass is 32.2. The van der Waals surface area contributed by atoms with E-state index in [1.54, 1.807) is 0 Å². The van der Waals surface area contributed by atoms with Gasteiger partial charge in [-0.2, -0.15) is 0 Å². The average Bonchev–Trinajstić information content (AvgIpc) is 2.91. The lowest BCUT2D eigenvalue weighted by molar-refractivity contribution is -0.121. The molecule has 3 rings (SSSR count). The van der Waals surface area contributed by atoms with Crippen LogP contribution in [-0.4, -0.2) is 35.0 Å². The molecule has 0 aromatic rings. The Bertz CT molecular complexity index is 359. The molecule has 100 valence electrons. The second kappa shape index (κ2) is 5.11. The van der Waals surface area contributed by atoms with Crippen LogP contribution < -0.4 is 10.6 Å². The van der Waals surface area contributed by atoms with Gasteiger partial charge in [0.1, 0.15) is 0 Å². The maximum Gasteiger partial charge on any atom is 0.222 e. The van der Waals surface area contributed by atoms with E-state index in [9.17, 15) is 4.79 Å². The smallest absolute Gasteiger partial charge is 0.222 e. The molecule has 5 heteroatoms. The molecule has 3 fully saturated rings. The fourth-order valence-corrected chi connectivity index (χ4v) is 3.94. The van der Waals surface area contributed by atoms with Gasteiger partial charge < -0.3 is 10.6 Å². The molecule has 0 unspecified atom stereocenters. The molecule has 18 heavy (non-hydrogen) atoms. The molecule has 0 aromatic carbocycles. The number of thioether (sulfide) groups is 1. The summed E-state index contributed by atoms with van der Waals surface area (Å²) >= 11 is 1.82. The van der Waals surface area contributed by atoms with Gasteiger partial charge in [0.05, 0.1) is 6.54 Å². The minimum atomic E-state index is 0.153. The van der Waals surface area contributed by atoms with Crippen LogP contribution in [0.3, 0.4) is 0 Å². The Morgan fingerprint density at radius 1 is 1.44 bits per heavy atom. The Hall–Kier alpha value is -0.710. The molecule has 1 amide bonds. The fraction of sp³-hybridized carbons (Fsp3) is 0.846. The number of hydrogen-bond donors (Lipinski definition) is 2. The highest BCUT2D eigenvalue weighted by Crippen LogP contribution is 2.37. The minimum absolute atomic E-state index is 0.153. The molecular formula is C13H21N3OS. The first-order valence-corrected chi connectivity index (χ1v) is 7.99. The molecule has 0 radical (unpaired) electrons. The zero-order valence-electron chi connectivity index (χ0n) is 10.7. The Balaban J connectivity index is 1.41. The minimum Gasteiger partial charge on any atom is -0.359 e. The highest BCUT2D eigenvalue weighted by molar-refractivity contribution is 8.14. The van der Waals surface area contributed by atoms with Gasteiger partial charge in [-0.05, 0) is 25.7 Å². The van der Waals surface area contributed by atoms with Crippen LogP contribution in [0.2, 0.25) is 0 Å². The van der Waals surface area contributed by atoms with Crippen LogP contribution in [0, 0.1) is 0 Å². The first-order chi connectivity index (χ1) is 8.76. The lowest BCUT2D eigenvalue weighted by Gasteiger charge is -2.21. The van der Waals surface area contributed by atoms with Gasteiger partial charge in [-0.15, -0.1) is 0 Å². The van der Waals surface area contributed by atoms with Crippen molar-refractivity contribution in [3.63, 3.8) is 0 Å². The first kappa shape index (κ1) is 12.3. The summed E-state index contributed by atoms with van der Waals surface area (Å²) in [6, 6.07) is 0.464. The third-order valence-corrected chi connectivity index (χ3v) is 5.16. The van der Waals surface area contributed by atoms with Crippen LogP contribution in [-0.2, 0) is 4.79 Å². The zero-order valence-corrected chi connectivity index (χ0v) is 11.5. The first-order valence-electron chi connectivity index (χ1n) is 7.01. The maximum absolute atomic E-state index is 11.5. The number of amidine groups is 1. The lowest BCUT2D eigenvalue weighted by atomic mass is 10.0. The summed E-state index contributed by atoms with van der Waals surface area (Å²) in [4.78, 5) is 16.0. The Labute approximate surface area is 112 Å². The van der Waals surface area contributed by atoms with Crippen molar-refractivity contribution < 1.29 is 4.79 Å². The standard InChI is InChI=1S/C13H21N3OS/c17-11(15-10-3-4-10)5-8-14-12-16-13(9-18-12)6-1-2-7-13/h10H,1-9H2,(H,14,16)(H,15,17). The maximum atomic E-state index is 11.5.